The van der Waals surface area contributed by atoms with Gasteiger partial charge in [-0.2, -0.15) is 0 Å². The van der Waals surface area contributed by atoms with Gasteiger partial charge in [0.05, 0.1) is 25.4 Å². The SMILES string of the molecule is C1=CSC2=C(S1)SC(=C(C(=C1SC3=C(SC=CS3)S1)c1cccc3ccccc13)c1cccc3ccccc13)S2. The molecule has 0 unspecified atom stereocenters. The lowest BCUT2D eigenvalue weighted by Crippen LogP contribution is -1.97. The summed E-state index contributed by atoms with van der Waals surface area (Å²) in [5, 5.41) is 14.0. The zero-order valence-electron chi connectivity index (χ0n) is 20.7. The second-order valence-electron chi connectivity index (χ2n) is 8.95. The van der Waals surface area contributed by atoms with Crippen molar-refractivity contribution in [2.75, 3.05) is 0 Å². The number of hydrogen-bond donors (Lipinski definition) is 0. The molecule has 40 heavy (non-hydrogen) atoms. The molecule has 0 amide bonds. The molecule has 4 aliphatic rings. The molecule has 4 heterocycles. The topological polar surface area (TPSA) is 0 Å². The molecular weight excluding hydrogens is 641 g/mol. The van der Waals surface area contributed by atoms with Gasteiger partial charge in [0.2, 0.25) is 0 Å². The molecular formula is C32H18S8. The van der Waals surface area contributed by atoms with Crippen molar-refractivity contribution >= 4 is 127 Å². The highest BCUT2D eigenvalue weighted by molar-refractivity contribution is 8.43. The molecule has 0 nitrogen and oxygen atoms in total. The minimum Gasteiger partial charge on any atom is -0.0884 e. The fraction of sp³-hybridized carbons (Fsp3) is 0. The summed E-state index contributed by atoms with van der Waals surface area (Å²) in [5.41, 5.74) is 5.29. The van der Waals surface area contributed by atoms with Gasteiger partial charge in [-0.1, -0.05) is 179 Å². The standard InChI is InChI=1S/C32H18S8/c1-3-11-21-19(7-1)9-5-13-23(21)25(27-37-29-30(38-27)34-16-15-33-29)26(28-39-31-32(40-28)36-18-17-35-31)24-14-6-10-20-8-2-4-12-22(20)24/h1-18H. The van der Waals surface area contributed by atoms with Gasteiger partial charge in [-0.3, -0.25) is 0 Å². The Morgan fingerprint density at radius 3 is 1.12 bits per heavy atom. The Kier molecular flexibility index (Phi) is 7.48. The monoisotopic (exact) mass is 658 g/mol. The Labute approximate surface area is 267 Å². The average molecular weight is 659 g/mol. The predicted molar refractivity (Wildman–Crippen MR) is 195 cm³/mol. The second-order valence-corrected chi connectivity index (χ2v) is 18.2. The number of fused-ring (bicyclic) bond motifs is 2. The molecule has 4 aliphatic heterocycles. The highest BCUT2D eigenvalue weighted by Gasteiger charge is 2.33. The summed E-state index contributed by atoms with van der Waals surface area (Å²) < 4.78 is 8.31. The first-order valence-electron chi connectivity index (χ1n) is 12.5. The van der Waals surface area contributed by atoms with Crippen LogP contribution in [0.3, 0.4) is 0 Å². The predicted octanol–water partition coefficient (Wildman–Crippen LogP) is 13.1. The molecule has 0 aromatic heterocycles. The van der Waals surface area contributed by atoms with Crippen molar-refractivity contribution in [3.8, 4) is 0 Å². The molecule has 0 spiro atoms. The van der Waals surface area contributed by atoms with Gasteiger partial charge in [0.25, 0.3) is 0 Å². The van der Waals surface area contributed by atoms with E-state index in [1.54, 1.807) is 0 Å². The molecule has 0 fully saturated rings. The molecule has 8 heteroatoms. The van der Waals surface area contributed by atoms with Gasteiger partial charge in [0.1, 0.15) is 0 Å². The molecule has 0 saturated carbocycles. The van der Waals surface area contributed by atoms with Crippen LogP contribution < -0.4 is 0 Å². The van der Waals surface area contributed by atoms with Crippen molar-refractivity contribution in [1.82, 2.24) is 0 Å². The van der Waals surface area contributed by atoms with E-state index in [2.05, 4.69) is 107 Å². The van der Waals surface area contributed by atoms with Crippen LogP contribution in [0.4, 0.5) is 0 Å². The Bertz CT molecular complexity index is 1710. The molecule has 8 rings (SSSR count). The van der Waals surface area contributed by atoms with E-state index in [1.807, 2.05) is 94.1 Å². The smallest absolute Gasteiger partial charge is 0.0705 e. The van der Waals surface area contributed by atoms with Crippen LogP contribution >= 0.6 is 94.1 Å². The maximum absolute atomic E-state index is 2.33. The first kappa shape index (κ1) is 26.3. The molecule has 0 radical (unpaired) electrons. The van der Waals surface area contributed by atoms with Gasteiger partial charge in [-0.15, -0.1) is 0 Å². The van der Waals surface area contributed by atoms with Crippen molar-refractivity contribution in [3.05, 3.63) is 143 Å². The molecule has 0 aliphatic carbocycles. The maximum atomic E-state index is 2.33. The van der Waals surface area contributed by atoms with Gasteiger partial charge in [-0.25, -0.2) is 0 Å². The average Bonchev–Trinajstić information content (AvgIpc) is 3.64. The second kappa shape index (κ2) is 11.4. The third kappa shape index (κ3) is 4.78. The van der Waals surface area contributed by atoms with Crippen LogP contribution in [0.15, 0.2) is 132 Å². The molecule has 194 valence electrons. The number of allylic oxidation sites excluding steroid dienone is 2. The van der Waals surface area contributed by atoms with Gasteiger partial charge in [0.15, 0.2) is 0 Å². The Morgan fingerprint density at radius 2 is 0.725 bits per heavy atom. The van der Waals surface area contributed by atoms with Crippen molar-refractivity contribution in [3.63, 3.8) is 0 Å². The molecule has 0 atom stereocenters. The molecule has 0 saturated heterocycles. The van der Waals surface area contributed by atoms with Crippen molar-refractivity contribution in [1.29, 1.82) is 0 Å². The Morgan fingerprint density at radius 1 is 0.375 bits per heavy atom. The van der Waals surface area contributed by atoms with Crippen LogP contribution in [0.1, 0.15) is 11.1 Å². The number of thioether (sulfide) groups is 8. The summed E-state index contributed by atoms with van der Waals surface area (Å²) in [5.74, 6) is 0. The van der Waals surface area contributed by atoms with Crippen LogP contribution in [-0.4, -0.2) is 0 Å². The van der Waals surface area contributed by atoms with E-state index in [4.69, 9.17) is 0 Å². The maximum Gasteiger partial charge on any atom is 0.0705 e. The van der Waals surface area contributed by atoms with Gasteiger partial charge >= 0.3 is 0 Å². The Hall–Kier alpha value is -1.36. The van der Waals surface area contributed by atoms with E-state index in [0.29, 0.717) is 0 Å². The van der Waals surface area contributed by atoms with Crippen LogP contribution in [-0.2, 0) is 0 Å². The van der Waals surface area contributed by atoms with E-state index < -0.39 is 0 Å². The summed E-state index contributed by atoms with van der Waals surface area (Å²) in [6.07, 6.45) is 0. The lowest BCUT2D eigenvalue weighted by atomic mass is 9.89. The summed E-state index contributed by atoms with van der Waals surface area (Å²) in [4.78, 5) is 0. The largest absolute Gasteiger partial charge is 0.0884 e. The molecule has 4 aromatic rings. The fourth-order valence-electron chi connectivity index (χ4n) is 4.98. The van der Waals surface area contributed by atoms with E-state index in [9.17, 15) is 0 Å². The van der Waals surface area contributed by atoms with Gasteiger partial charge in [-0.05, 0) is 54.3 Å². The lowest BCUT2D eigenvalue weighted by molar-refractivity contribution is 1.65. The van der Waals surface area contributed by atoms with Crippen LogP contribution in [0, 0.1) is 0 Å². The van der Waals surface area contributed by atoms with Crippen LogP contribution in [0.25, 0.3) is 32.7 Å². The fourth-order valence-corrected chi connectivity index (χ4v) is 15.6. The minimum absolute atomic E-state index is 1.27. The summed E-state index contributed by atoms with van der Waals surface area (Å²) in [7, 11) is 0. The lowest BCUT2D eigenvalue weighted by Gasteiger charge is -2.21. The van der Waals surface area contributed by atoms with E-state index in [0.717, 1.165) is 0 Å². The quantitative estimate of drug-likeness (QED) is 0.211. The third-order valence-corrected chi connectivity index (χ3v) is 17.1. The first-order chi connectivity index (χ1) is 19.8. The van der Waals surface area contributed by atoms with E-state index >= 15 is 0 Å². The summed E-state index contributed by atoms with van der Waals surface area (Å²) in [6.45, 7) is 0. The van der Waals surface area contributed by atoms with Crippen molar-refractivity contribution in [2.45, 2.75) is 0 Å². The van der Waals surface area contributed by atoms with Gasteiger partial charge in [0, 0.05) is 11.1 Å². The van der Waals surface area contributed by atoms with Crippen LogP contribution in [0.5, 0.6) is 0 Å². The molecule has 0 bridgehead atoms. The minimum atomic E-state index is 1.27. The van der Waals surface area contributed by atoms with Crippen molar-refractivity contribution in [2.24, 2.45) is 0 Å². The molecule has 0 N–H and O–H groups in total. The molecule has 4 aromatic carbocycles. The normalized spacial score (nSPS) is 18.2. The zero-order chi connectivity index (χ0) is 26.5. The van der Waals surface area contributed by atoms with E-state index in [-0.39, 0.29) is 0 Å². The first-order valence-corrected chi connectivity index (χ1v) is 19.2. The third-order valence-electron chi connectivity index (χ3n) is 6.66. The summed E-state index contributed by atoms with van der Waals surface area (Å²) >= 11 is 15.2. The highest BCUT2D eigenvalue weighted by Crippen LogP contribution is 2.66. The number of benzene rings is 4. The highest BCUT2D eigenvalue weighted by atomic mass is 32.3. The van der Waals surface area contributed by atoms with Gasteiger partial charge < -0.3 is 0 Å². The van der Waals surface area contributed by atoms with Crippen molar-refractivity contribution < 1.29 is 0 Å². The summed E-state index contributed by atoms with van der Waals surface area (Å²) in [6, 6.07) is 31.2. The van der Waals surface area contributed by atoms with Crippen LogP contribution in [0.2, 0.25) is 0 Å². The van der Waals surface area contributed by atoms with E-state index in [1.165, 1.54) is 69.2 Å². The number of hydrogen-bond acceptors (Lipinski definition) is 8. The Balaban J connectivity index is 1.43. The number of rotatable bonds is 3. The zero-order valence-corrected chi connectivity index (χ0v) is 27.2.